The maximum atomic E-state index is 11.9. The van der Waals surface area contributed by atoms with Crippen molar-refractivity contribution in [2.75, 3.05) is 5.73 Å². The van der Waals surface area contributed by atoms with E-state index < -0.39 is 0 Å². The van der Waals surface area contributed by atoms with Crippen LogP contribution in [0.1, 0.15) is 21.5 Å². The molecule has 0 fully saturated rings. The van der Waals surface area contributed by atoms with Gasteiger partial charge in [0, 0.05) is 24.5 Å². The summed E-state index contributed by atoms with van der Waals surface area (Å²) in [5, 5.41) is 12.2. The number of phenolic OH excluding ortho intramolecular Hbond substituents is 1. The minimum absolute atomic E-state index is 0.0901. The van der Waals surface area contributed by atoms with Gasteiger partial charge in [-0.05, 0) is 42.3 Å². The van der Waals surface area contributed by atoms with Gasteiger partial charge in [0.25, 0.3) is 5.91 Å². The third-order valence-electron chi connectivity index (χ3n) is 2.87. The lowest BCUT2D eigenvalue weighted by Crippen LogP contribution is -2.23. The number of aromatic nitrogens is 1. The molecule has 0 radical (unpaired) electrons. The van der Waals surface area contributed by atoms with Crippen molar-refractivity contribution in [3.05, 3.63) is 53.3 Å². The second-order valence-corrected chi connectivity index (χ2v) is 4.26. The number of benzene rings is 1. The number of amides is 1. The highest BCUT2D eigenvalue weighted by Gasteiger charge is 2.08. The Balaban J connectivity index is 2.05. The molecule has 2 aromatic rings. The van der Waals surface area contributed by atoms with Gasteiger partial charge in [-0.3, -0.25) is 9.78 Å². The summed E-state index contributed by atoms with van der Waals surface area (Å²) in [6, 6.07) is 6.28. The summed E-state index contributed by atoms with van der Waals surface area (Å²) in [6.45, 7) is 2.35. The molecule has 0 aliphatic heterocycles. The van der Waals surface area contributed by atoms with E-state index in [4.69, 9.17) is 5.73 Å². The fourth-order valence-electron chi connectivity index (χ4n) is 1.66. The van der Waals surface area contributed by atoms with Gasteiger partial charge in [-0.25, -0.2) is 0 Å². The van der Waals surface area contributed by atoms with E-state index in [2.05, 4.69) is 10.3 Å². The molecule has 2 rings (SSSR count). The number of carbonyl (C=O) groups excluding carboxylic acids is 1. The number of hydrogen-bond donors (Lipinski definition) is 3. The second kappa shape index (κ2) is 5.39. The maximum Gasteiger partial charge on any atom is 0.251 e. The Morgan fingerprint density at radius 1 is 1.42 bits per heavy atom. The molecule has 0 spiro atoms. The van der Waals surface area contributed by atoms with E-state index in [0.29, 0.717) is 12.1 Å². The van der Waals surface area contributed by atoms with Crippen LogP contribution in [0.3, 0.4) is 0 Å². The molecule has 0 saturated carbocycles. The molecule has 1 aromatic carbocycles. The predicted octanol–water partition coefficient (Wildman–Crippen LogP) is 1.61. The average molecular weight is 257 g/mol. The van der Waals surface area contributed by atoms with E-state index in [1.165, 1.54) is 12.1 Å². The first kappa shape index (κ1) is 12.9. The minimum atomic E-state index is -0.258. The maximum absolute atomic E-state index is 11.9. The molecule has 1 aromatic heterocycles. The van der Waals surface area contributed by atoms with E-state index in [0.717, 1.165) is 11.1 Å². The SMILES string of the molecule is Cc1cnccc1CNC(=O)c1ccc(N)c(O)c1. The third kappa shape index (κ3) is 3.01. The molecule has 0 aliphatic rings. The summed E-state index contributed by atoms with van der Waals surface area (Å²) < 4.78 is 0. The predicted molar refractivity (Wildman–Crippen MR) is 72.7 cm³/mol. The summed E-state index contributed by atoms with van der Waals surface area (Å²) in [7, 11) is 0. The summed E-state index contributed by atoms with van der Waals surface area (Å²) >= 11 is 0. The van der Waals surface area contributed by atoms with Crippen LogP contribution in [0.15, 0.2) is 36.7 Å². The summed E-state index contributed by atoms with van der Waals surface area (Å²) in [5.41, 5.74) is 8.13. The van der Waals surface area contributed by atoms with Crippen molar-refractivity contribution < 1.29 is 9.90 Å². The first-order chi connectivity index (χ1) is 9.08. The van der Waals surface area contributed by atoms with Crippen LogP contribution in [0.25, 0.3) is 0 Å². The van der Waals surface area contributed by atoms with Gasteiger partial charge in [0.1, 0.15) is 5.75 Å². The van der Waals surface area contributed by atoms with Crippen molar-refractivity contribution in [1.82, 2.24) is 10.3 Å². The summed E-state index contributed by atoms with van der Waals surface area (Å²) in [5.74, 6) is -0.348. The Morgan fingerprint density at radius 3 is 2.89 bits per heavy atom. The van der Waals surface area contributed by atoms with Gasteiger partial charge in [-0.15, -0.1) is 0 Å². The highest BCUT2D eigenvalue weighted by atomic mass is 16.3. The molecule has 0 atom stereocenters. The number of aryl methyl sites for hydroxylation is 1. The van der Waals surface area contributed by atoms with Crippen molar-refractivity contribution in [3.63, 3.8) is 0 Å². The Bertz CT molecular complexity index is 611. The van der Waals surface area contributed by atoms with Crippen LogP contribution >= 0.6 is 0 Å². The largest absolute Gasteiger partial charge is 0.506 e. The zero-order valence-corrected chi connectivity index (χ0v) is 10.6. The van der Waals surface area contributed by atoms with Gasteiger partial charge in [-0.2, -0.15) is 0 Å². The van der Waals surface area contributed by atoms with Crippen molar-refractivity contribution in [2.24, 2.45) is 0 Å². The molecule has 5 nitrogen and oxygen atoms in total. The van der Waals surface area contributed by atoms with E-state index in [1.54, 1.807) is 18.5 Å². The fraction of sp³-hybridized carbons (Fsp3) is 0.143. The standard InChI is InChI=1S/C14H15N3O2/c1-9-7-16-5-4-11(9)8-17-14(19)10-2-3-12(15)13(18)6-10/h2-7,18H,8,15H2,1H3,(H,17,19). The second-order valence-electron chi connectivity index (χ2n) is 4.26. The molecular formula is C14H15N3O2. The summed E-state index contributed by atoms with van der Waals surface area (Å²) in [4.78, 5) is 15.9. The van der Waals surface area contributed by atoms with Crippen LogP contribution in [0.4, 0.5) is 5.69 Å². The molecular weight excluding hydrogens is 242 g/mol. The Labute approximate surface area is 111 Å². The van der Waals surface area contributed by atoms with Gasteiger partial charge < -0.3 is 16.2 Å². The van der Waals surface area contributed by atoms with E-state index in [1.807, 2.05) is 13.0 Å². The molecule has 19 heavy (non-hydrogen) atoms. The molecule has 1 heterocycles. The van der Waals surface area contributed by atoms with E-state index in [-0.39, 0.29) is 17.3 Å². The van der Waals surface area contributed by atoms with E-state index >= 15 is 0 Å². The molecule has 0 bridgehead atoms. The Hall–Kier alpha value is -2.56. The van der Waals surface area contributed by atoms with Crippen LogP contribution < -0.4 is 11.1 Å². The van der Waals surface area contributed by atoms with Crippen molar-refractivity contribution in [3.8, 4) is 5.75 Å². The molecule has 98 valence electrons. The van der Waals surface area contributed by atoms with Crippen LogP contribution in [0.2, 0.25) is 0 Å². The lowest BCUT2D eigenvalue weighted by molar-refractivity contribution is 0.0950. The van der Waals surface area contributed by atoms with Crippen LogP contribution in [0.5, 0.6) is 5.75 Å². The molecule has 5 heteroatoms. The van der Waals surface area contributed by atoms with Crippen LogP contribution in [-0.2, 0) is 6.54 Å². The van der Waals surface area contributed by atoms with Gasteiger partial charge in [-0.1, -0.05) is 0 Å². The highest BCUT2D eigenvalue weighted by molar-refractivity contribution is 5.95. The first-order valence-corrected chi connectivity index (χ1v) is 5.84. The topological polar surface area (TPSA) is 88.2 Å². The smallest absolute Gasteiger partial charge is 0.251 e. The third-order valence-corrected chi connectivity index (χ3v) is 2.87. The number of nitrogen functional groups attached to an aromatic ring is 1. The number of nitrogens with two attached hydrogens (primary N) is 1. The number of anilines is 1. The number of nitrogens with zero attached hydrogens (tertiary/aromatic N) is 1. The number of pyridine rings is 1. The Morgan fingerprint density at radius 2 is 2.21 bits per heavy atom. The zero-order valence-electron chi connectivity index (χ0n) is 10.6. The number of nitrogens with one attached hydrogen (secondary N) is 1. The fourth-order valence-corrected chi connectivity index (χ4v) is 1.66. The minimum Gasteiger partial charge on any atom is -0.506 e. The van der Waals surface area contributed by atoms with Crippen molar-refractivity contribution in [2.45, 2.75) is 13.5 Å². The zero-order chi connectivity index (χ0) is 13.8. The number of carbonyl (C=O) groups is 1. The van der Waals surface area contributed by atoms with Gasteiger partial charge >= 0.3 is 0 Å². The summed E-state index contributed by atoms with van der Waals surface area (Å²) in [6.07, 6.45) is 3.43. The quantitative estimate of drug-likeness (QED) is 0.575. The van der Waals surface area contributed by atoms with Gasteiger partial charge in [0.05, 0.1) is 5.69 Å². The van der Waals surface area contributed by atoms with Crippen LogP contribution in [-0.4, -0.2) is 16.0 Å². The molecule has 1 amide bonds. The molecule has 0 unspecified atom stereocenters. The lowest BCUT2D eigenvalue weighted by atomic mass is 10.1. The Kier molecular flexibility index (Phi) is 3.66. The number of aromatic hydroxyl groups is 1. The first-order valence-electron chi connectivity index (χ1n) is 5.84. The molecule has 0 saturated heterocycles. The van der Waals surface area contributed by atoms with Gasteiger partial charge in [0.2, 0.25) is 0 Å². The van der Waals surface area contributed by atoms with Crippen molar-refractivity contribution in [1.29, 1.82) is 0 Å². The average Bonchev–Trinajstić information content (AvgIpc) is 2.40. The highest BCUT2D eigenvalue weighted by Crippen LogP contribution is 2.20. The molecule has 0 aliphatic carbocycles. The number of rotatable bonds is 3. The van der Waals surface area contributed by atoms with E-state index in [9.17, 15) is 9.90 Å². The number of phenols is 1. The monoisotopic (exact) mass is 257 g/mol. The van der Waals surface area contributed by atoms with Crippen LogP contribution in [0, 0.1) is 6.92 Å². The normalized spacial score (nSPS) is 10.2. The molecule has 4 N–H and O–H groups in total. The van der Waals surface area contributed by atoms with Gasteiger partial charge in [0.15, 0.2) is 0 Å². The lowest BCUT2D eigenvalue weighted by Gasteiger charge is -2.08. The number of hydrogen-bond acceptors (Lipinski definition) is 4. The van der Waals surface area contributed by atoms with Crippen molar-refractivity contribution >= 4 is 11.6 Å².